The first-order chi connectivity index (χ1) is 12.8. The van der Waals surface area contributed by atoms with Gasteiger partial charge in [-0.3, -0.25) is 9.59 Å². The summed E-state index contributed by atoms with van der Waals surface area (Å²) in [6.07, 6.45) is -0.930. The van der Waals surface area contributed by atoms with Crippen LogP contribution < -0.4 is 10.1 Å². The Morgan fingerprint density at radius 1 is 1.11 bits per heavy atom. The third kappa shape index (κ3) is 5.88. The van der Waals surface area contributed by atoms with Crippen LogP contribution in [0.5, 0.6) is 5.75 Å². The fourth-order valence-electron chi connectivity index (χ4n) is 2.56. The number of esters is 1. The number of methoxy groups -OCH3 is 1. The standard InChI is InChI=1S/C20H21Cl2NO4/c1-12(16-9-8-15(21)11-17(16)22)23-20(25)13(2)27-19(24)10-14-6-4-5-7-18(14)26-3/h4-9,11-13H,10H2,1-3H3,(H,23,25)/t12-,13+/m0/s1. The molecule has 0 heterocycles. The van der Waals surface area contributed by atoms with Crippen LogP contribution >= 0.6 is 23.2 Å². The number of hydrogen-bond donors (Lipinski definition) is 1. The lowest BCUT2D eigenvalue weighted by Gasteiger charge is -2.19. The van der Waals surface area contributed by atoms with Gasteiger partial charge < -0.3 is 14.8 Å². The summed E-state index contributed by atoms with van der Waals surface area (Å²) in [4.78, 5) is 24.5. The van der Waals surface area contributed by atoms with Crippen molar-refractivity contribution in [1.82, 2.24) is 5.32 Å². The second-order valence-corrected chi connectivity index (χ2v) is 6.86. The van der Waals surface area contributed by atoms with E-state index in [4.69, 9.17) is 32.7 Å². The molecule has 0 saturated heterocycles. The highest BCUT2D eigenvalue weighted by Gasteiger charge is 2.21. The Morgan fingerprint density at radius 3 is 2.48 bits per heavy atom. The van der Waals surface area contributed by atoms with Gasteiger partial charge in [0.1, 0.15) is 5.75 Å². The van der Waals surface area contributed by atoms with E-state index in [9.17, 15) is 9.59 Å². The lowest BCUT2D eigenvalue weighted by atomic mass is 10.1. The average Bonchev–Trinajstić information content (AvgIpc) is 2.61. The zero-order valence-electron chi connectivity index (χ0n) is 15.3. The molecule has 0 aromatic heterocycles. The van der Waals surface area contributed by atoms with Crippen LogP contribution in [0.25, 0.3) is 0 Å². The van der Waals surface area contributed by atoms with Crippen molar-refractivity contribution in [3.63, 3.8) is 0 Å². The second kappa shape index (κ2) is 9.62. The van der Waals surface area contributed by atoms with Crippen LogP contribution in [0.1, 0.15) is 31.0 Å². The molecule has 0 aliphatic heterocycles. The summed E-state index contributed by atoms with van der Waals surface area (Å²) >= 11 is 12.0. The Bertz CT molecular complexity index is 825. The van der Waals surface area contributed by atoms with E-state index in [0.717, 1.165) is 5.56 Å². The van der Waals surface area contributed by atoms with Crippen molar-refractivity contribution in [2.45, 2.75) is 32.4 Å². The SMILES string of the molecule is COc1ccccc1CC(=O)O[C@H](C)C(=O)N[C@@H](C)c1ccc(Cl)cc1Cl. The van der Waals surface area contributed by atoms with E-state index >= 15 is 0 Å². The first-order valence-electron chi connectivity index (χ1n) is 8.38. The van der Waals surface area contributed by atoms with Gasteiger partial charge in [0, 0.05) is 15.6 Å². The summed E-state index contributed by atoms with van der Waals surface area (Å²) in [5.41, 5.74) is 1.42. The lowest BCUT2D eigenvalue weighted by molar-refractivity contribution is -0.154. The maximum Gasteiger partial charge on any atom is 0.311 e. The van der Waals surface area contributed by atoms with Crippen molar-refractivity contribution in [1.29, 1.82) is 0 Å². The first-order valence-corrected chi connectivity index (χ1v) is 9.14. The molecule has 27 heavy (non-hydrogen) atoms. The molecule has 0 bridgehead atoms. The fourth-order valence-corrected chi connectivity index (χ4v) is 3.13. The largest absolute Gasteiger partial charge is 0.496 e. The monoisotopic (exact) mass is 409 g/mol. The molecule has 2 aromatic rings. The van der Waals surface area contributed by atoms with Gasteiger partial charge in [-0.05, 0) is 37.6 Å². The van der Waals surface area contributed by atoms with E-state index in [0.29, 0.717) is 21.4 Å². The molecule has 2 rings (SSSR count). The molecule has 0 radical (unpaired) electrons. The highest BCUT2D eigenvalue weighted by molar-refractivity contribution is 6.35. The van der Waals surface area contributed by atoms with Crippen LogP contribution in [0.4, 0.5) is 0 Å². The minimum Gasteiger partial charge on any atom is -0.496 e. The predicted molar refractivity (Wildman–Crippen MR) is 105 cm³/mol. The molecule has 0 unspecified atom stereocenters. The highest BCUT2D eigenvalue weighted by Crippen LogP contribution is 2.26. The summed E-state index contributed by atoms with van der Waals surface area (Å²) in [5, 5.41) is 3.75. The maximum absolute atomic E-state index is 12.3. The van der Waals surface area contributed by atoms with Crippen molar-refractivity contribution in [2.75, 3.05) is 7.11 Å². The predicted octanol–water partition coefficient (Wildman–Crippen LogP) is 4.35. The Labute approximate surface area is 168 Å². The van der Waals surface area contributed by atoms with Gasteiger partial charge in [0.15, 0.2) is 6.10 Å². The number of ether oxygens (including phenoxy) is 2. The molecule has 0 aliphatic carbocycles. The van der Waals surface area contributed by atoms with Crippen molar-refractivity contribution >= 4 is 35.1 Å². The van der Waals surface area contributed by atoms with Gasteiger partial charge in [0.25, 0.3) is 5.91 Å². The quantitative estimate of drug-likeness (QED) is 0.690. The van der Waals surface area contributed by atoms with Gasteiger partial charge in [-0.2, -0.15) is 0 Å². The minimum absolute atomic E-state index is 0.0141. The molecule has 0 aliphatic rings. The summed E-state index contributed by atoms with van der Waals surface area (Å²) in [5.74, 6) is -0.334. The van der Waals surface area contributed by atoms with Crippen LogP contribution in [-0.2, 0) is 20.7 Å². The van der Waals surface area contributed by atoms with Crippen LogP contribution in [0.2, 0.25) is 10.0 Å². The Kier molecular flexibility index (Phi) is 7.51. The molecule has 144 valence electrons. The molecule has 1 N–H and O–H groups in total. The summed E-state index contributed by atoms with van der Waals surface area (Å²) in [6.45, 7) is 3.31. The smallest absolute Gasteiger partial charge is 0.311 e. The molecule has 0 saturated carbocycles. The lowest BCUT2D eigenvalue weighted by Crippen LogP contribution is -2.37. The van der Waals surface area contributed by atoms with E-state index in [1.165, 1.54) is 14.0 Å². The molecular formula is C20H21Cl2NO4. The Morgan fingerprint density at radius 2 is 1.81 bits per heavy atom. The second-order valence-electron chi connectivity index (χ2n) is 6.02. The van der Waals surface area contributed by atoms with Crippen molar-refractivity contribution < 1.29 is 19.1 Å². The van der Waals surface area contributed by atoms with E-state index in [1.54, 1.807) is 43.3 Å². The van der Waals surface area contributed by atoms with Gasteiger partial charge in [0.05, 0.1) is 19.6 Å². The number of carbonyl (C=O) groups excluding carboxylic acids is 2. The first kappa shape index (κ1) is 21.1. The zero-order chi connectivity index (χ0) is 20.0. The van der Waals surface area contributed by atoms with Crippen LogP contribution in [0, 0.1) is 0 Å². The molecule has 5 nitrogen and oxygen atoms in total. The number of halogens is 2. The summed E-state index contributed by atoms with van der Waals surface area (Å²) < 4.78 is 10.5. The number of nitrogens with one attached hydrogen (secondary N) is 1. The van der Waals surface area contributed by atoms with Crippen LogP contribution in [0.15, 0.2) is 42.5 Å². The number of hydrogen-bond acceptors (Lipinski definition) is 4. The third-order valence-electron chi connectivity index (χ3n) is 3.99. The number of rotatable bonds is 7. The van der Waals surface area contributed by atoms with E-state index in [1.807, 2.05) is 6.07 Å². The average molecular weight is 410 g/mol. The number of benzene rings is 2. The molecule has 2 aromatic carbocycles. The highest BCUT2D eigenvalue weighted by atomic mass is 35.5. The fraction of sp³-hybridized carbons (Fsp3) is 0.300. The van der Waals surface area contributed by atoms with Crippen molar-refractivity contribution in [2.24, 2.45) is 0 Å². The van der Waals surface area contributed by atoms with Crippen LogP contribution in [0.3, 0.4) is 0 Å². The maximum atomic E-state index is 12.3. The molecular weight excluding hydrogens is 389 g/mol. The summed E-state index contributed by atoms with van der Waals surface area (Å²) in [7, 11) is 1.53. The van der Waals surface area contributed by atoms with Crippen molar-refractivity contribution in [3.05, 3.63) is 63.6 Å². The molecule has 2 atom stereocenters. The number of para-hydroxylation sites is 1. The van der Waals surface area contributed by atoms with Gasteiger partial charge in [-0.25, -0.2) is 0 Å². The molecule has 0 fully saturated rings. The Hall–Kier alpha value is -2.24. The topological polar surface area (TPSA) is 64.6 Å². The van der Waals surface area contributed by atoms with Crippen LogP contribution in [-0.4, -0.2) is 25.1 Å². The number of amides is 1. The van der Waals surface area contributed by atoms with E-state index < -0.39 is 18.0 Å². The normalized spacial score (nSPS) is 12.8. The minimum atomic E-state index is -0.944. The van der Waals surface area contributed by atoms with Gasteiger partial charge in [0.2, 0.25) is 0 Å². The molecule has 7 heteroatoms. The molecule has 1 amide bonds. The summed E-state index contributed by atoms with van der Waals surface area (Å²) in [6, 6.07) is 11.8. The van der Waals surface area contributed by atoms with E-state index in [2.05, 4.69) is 5.32 Å². The van der Waals surface area contributed by atoms with E-state index in [-0.39, 0.29) is 12.5 Å². The van der Waals surface area contributed by atoms with Gasteiger partial charge in [-0.1, -0.05) is 47.5 Å². The van der Waals surface area contributed by atoms with Gasteiger partial charge in [-0.15, -0.1) is 0 Å². The Balaban J connectivity index is 1.93. The number of carbonyl (C=O) groups is 2. The van der Waals surface area contributed by atoms with Gasteiger partial charge >= 0.3 is 5.97 Å². The van der Waals surface area contributed by atoms with Crippen molar-refractivity contribution in [3.8, 4) is 5.75 Å². The zero-order valence-corrected chi connectivity index (χ0v) is 16.8. The molecule has 0 spiro atoms. The third-order valence-corrected chi connectivity index (χ3v) is 4.55.